The standard InChI is InChI=1S/C22H23NO5/c1-14-4-6-15(7-5-14)19-18(21(25)22(26)23(19)12-13-27-2)20(24)16-8-10-17(28-3)11-9-16/h4-11,19,24H,12-13H2,1-3H3/b20-18+/t19-/m0/s1. The molecule has 1 saturated heterocycles. The molecule has 0 unspecified atom stereocenters. The Morgan fingerprint density at radius 2 is 1.68 bits per heavy atom. The molecule has 1 amide bonds. The molecule has 0 spiro atoms. The third-order valence-electron chi connectivity index (χ3n) is 4.83. The molecule has 0 bridgehead atoms. The Morgan fingerprint density at radius 3 is 2.25 bits per heavy atom. The number of hydrogen-bond acceptors (Lipinski definition) is 5. The van der Waals surface area contributed by atoms with Crippen LogP contribution in [-0.2, 0) is 14.3 Å². The van der Waals surface area contributed by atoms with Crippen LogP contribution in [0.1, 0.15) is 22.7 Å². The van der Waals surface area contributed by atoms with Crippen LogP contribution in [0.15, 0.2) is 54.1 Å². The number of methoxy groups -OCH3 is 2. The molecule has 1 atom stereocenters. The number of aryl methyl sites for hydroxylation is 1. The third-order valence-corrected chi connectivity index (χ3v) is 4.83. The third kappa shape index (κ3) is 3.64. The number of Topliss-reactive ketones (excluding diaryl/α,β-unsaturated/α-hetero) is 1. The summed E-state index contributed by atoms with van der Waals surface area (Å²) in [6.45, 7) is 2.50. The summed E-state index contributed by atoms with van der Waals surface area (Å²) in [6.07, 6.45) is 0. The Balaban J connectivity index is 2.12. The minimum Gasteiger partial charge on any atom is -0.507 e. The van der Waals surface area contributed by atoms with Crippen molar-refractivity contribution in [3.8, 4) is 5.75 Å². The smallest absolute Gasteiger partial charge is 0.295 e. The SMILES string of the molecule is COCCN1C(=O)C(=O)/C(=C(/O)c2ccc(OC)cc2)[C@@H]1c1ccc(C)cc1. The van der Waals surface area contributed by atoms with Crippen molar-refractivity contribution in [2.75, 3.05) is 27.4 Å². The molecular formula is C22H23NO5. The van der Waals surface area contributed by atoms with Gasteiger partial charge in [0.25, 0.3) is 11.7 Å². The highest BCUT2D eigenvalue weighted by Gasteiger charge is 2.45. The van der Waals surface area contributed by atoms with E-state index in [1.165, 1.54) is 12.0 Å². The molecule has 146 valence electrons. The normalized spacial score (nSPS) is 18.5. The van der Waals surface area contributed by atoms with Crippen LogP contribution in [0.3, 0.4) is 0 Å². The first-order valence-electron chi connectivity index (χ1n) is 8.96. The molecule has 1 heterocycles. The predicted molar refractivity (Wildman–Crippen MR) is 105 cm³/mol. The highest BCUT2D eigenvalue weighted by molar-refractivity contribution is 6.46. The molecule has 1 aliphatic heterocycles. The van der Waals surface area contributed by atoms with Gasteiger partial charge in [-0.15, -0.1) is 0 Å². The molecule has 0 aliphatic carbocycles. The van der Waals surface area contributed by atoms with Crippen LogP contribution in [0.25, 0.3) is 5.76 Å². The first-order chi connectivity index (χ1) is 13.5. The largest absolute Gasteiger partial charge is 0.507 e. The van der Waals surface area contributed by atoms with Gasteiger partial charge in [-0.05, 0) is 36.8 Å². The summed E-state index contributed by atoms with van der Waals surface area (Å²) >= 11 is 0. The van der Waals surface area contributed by atoms with Gasteiger partial charge in [-0.2, -0.15) is 0 Å². The van der Waals surface area contributed by atoms with Crippen LogP contribution in [0.5, 0.6) is 5.75 Å². The zero-order valence-electron chi connectivity index (χ0n) is 16.1. The number of ether oxygens (including phenoxy) is 2. The van der Waals surface area contributed by atoms with Crippen LogP contribution in [-0.4, -0.2) is 49.1 Å². The summed E-state index contributed by atoms with van der Waals surface area (Å²) in [5, 5.41) is 10.9. The number of benzene rings is 2. The Labute approximate surface area is 164 Å². The molecule has 3 rings (SSSR count). The summed E-state index contributed by atoms with van der Waals surface area (Å²) in [5.74, 6) is -0.911. The summed E-state index contributed by atoms with van der Waals surface area (Å²) in [6, 6.07) is 13.6. The monoisotopic (exact) mass is 381 g/mol. The Kier molecular flexibility index (Phi) is 5.80. The average molecular weight is 381 g/mol. The topological polar surface area (TPSA) is 76.1 Å². The second-order valence-electron chi connectivity index (χ2n) is 6.62. The van der Waals surface area contributed by atoms with Crippen molar-refractivity contribution in [1.29, 1.82) is 0 Å². The quantitative estimate of drug-likeness (QED) is 0.473. The zero-order valence-corrected chi connectivity index (χ0v) is 16.1. The summed E-state index contributed by atoms with van der Waals surface area (Å²) in [4.78, 5) is 26.9. The number of nitrogens with zero attached hydrogens (tertiary/aromatic N) is 1. The first-order valence-corrected chi connectivity index (χ1v) is 8.96. The number of ketones is 1. The molecule has 6 heteroatoms. The summed E-state index contributed by atoms with van der Waals surface area (Å²) in [5.41, 5.74) is 2.35. The fourth-order valence-corrected chi connectivity index (χ4v) is 3.30. The molecule has 2 aromatic carbocycles. The van der Waals surface area contributed by atoms with Crippen LogP contribution in [0.4, 0.5) is 0 Å². The highest BCUT2D eigenvalue weighted by Crippen LogP contribution is 2.39. The van der Waals surface area contributed by atoms with Crippen molar-refractivity contribution in [3.05, 3.63) is 70.8 Å². The van der Waals surface area contributed by atoms with Gasteiger partial charge >= 0.3 is 0 Å². The predicted octanol–water partition coefficient (Wildman–Crippen LogP) is 3.07. The second-order valence-corrected chi connectivity index (χ2v) is 6.62. The van der Waals surface area contributed by atoms with Gasteiger partial charge in [0.15, 0.2) is 0 Å². The number of aliphatic hydroxyl groups excluding tert-OH is 1. The summed E-state index contributed by atoms with van der Waals surface area (Å²) in [7, 11) is 3.09. The Hall–Kier alpha value is -3.12. The fraction of sp³-hybridized carbons (Fsp3) is 0.273. The number of aliphatic hydroxyl groups is 1. The van der Waals surface area contributed by atoms with E-state index in [9.17, 15) is 14.7 Å². The minimum absolute atomic E-state index is 0.0788. The van der Waals surface area contributed by atoms with Gasteiger partial charge in [-0.1, -0.05) is 29.8 Å². The number of carbonyl (C=O) groups excluding carboxylic acids is 2. The number of rotatable bonds is 6. The molecule has 2 aromatic rings. The van der Waals surface area contributed by atoms with Gasteiger partial charge in [-0.3, -0.25) is 9.59 Å². The molecule has 1 aliphatic rings. The van der Waals surface area contributed by atoms with Gasteiger partial charge in [-0.25, -0.2) is 0 Å². The lowest BCUT2D eigenvalue weighted by atomic mass is 9.94. The van der Waals surface area contributed by atoms with Gasteiger partial charge in [0.1, 0.15) is 11.5 Å². The van der Waals surface area contributed by atoms with Crippen molar-refractivity contribution in [3.63, 3.8) is 0 Å². The van der Waals surface area contributed by atoms with Gasteiger partial charge in [0.2, 0.25) is 0 Å². The van der Waals surface area contributed by atoms with Crippen LogP contribution in [0.2, 0.25) is 0 Å². The first kappa shape index (κ1) is 19.6. The van der Waals surface area contributed by atoms with E-state index in [0.29, 0.717) is 11.3 Å². The zero-order chi connectivity index (χ0) is 20.3. The molecule has 28 heavy (non-hydrogen) atoms. The van der Waals surface area contributed by atoms with E-state index in [0.717, 1.165) is 11.1 Å². The van der Waals surface area contributed by atoms with Gasteiger partial charge < -0.3 is 19.5 Å². The van der Waals surface area contributed by atoms with E-state index >= 15 is 0 Å². The van der Waals surface area contributed by atoms with Crippen LogP contribution in [0, 0.1) is 6.92 Å². The van der Waals surface area contributed by atoms with Crippen LogP contribution >= 0.6 is 0 Å². The average Bonchev–Trinajstić information content (AvgIpc) is 2.97. The van der Waals surface area contributed by atoms with E-state index < -0.39 is 17.7 Å². The van der Waals surface area contributed by atoms with Gasteiger partial charge in [0, 0.05) is 19.2 Å². The number of hydrogen-bond donors (Lipinski definition) is 1. The number of likely N-dealkylation sites (tertiary alicyclic amines) is 1. The van der Waals surface area contributed by atoms with E-state index in [-0.39, 0.29) is 24.5 Å². The molecule has 0 aromatic heterocycles. The van der Waals surface area contributed by atoms with Crippen LogP contribution < -0.4 is 4.74 Å². The van der Waals surface area contributed by atoms with Crippen molar-refractivity contribution in [1.82, 2.24) is 4.90 Å². The maximum atomic E-state index is 12.8. The maximum absolute atomic E-state index is 12.8. The maximum Gasteiger partial charge on any atom is 0.295 e. The highest BCUT2D eigenvalue weighted by atomic mass is 16.5. The van der Waals surface area contributed by atoms with Crippen molar-refractivity contribution in [2.24, 2.45) is 0 Å². The molecule has 0 radical (unpaired) electrons. The van der Waals surface area contributed by atoms with E-state index in [2.05, 4.69) is 0 Å². The molecule has 6 nitrogen and oxygen atoms in total. The van der Waals surface area contributed by atoms with Crippen molar-refractivity contribution in [2.45, 2.75) is 13.0 Å². The van der Waals surface area contributed by atoms with Gasteiger partial charge in [0.05, 0.1) is 25.3 Å². The lowest BCUT2D eigenvalue weighted by Crippen LogP contribution is -2.32. The van der Waals surface area contributed by atoms with E-state index in [4.69, 9.17) is 9.47 Å². The minimum atomic E-state index is -0.699. The lowest BCUT2D eigenvalue weighted by Gasteiger charge is -2.25. The van der Waals surface area contributed by atoms with E-state index in [1.807, 2.05) is 31.2 Å². The molecule has 1 N–H and O–H groups in total. The Bertz CT molecular complexity index is 900. The Morgan fingerprint density at radius 1 is 1.04 bits per heavy atom. The molecule has 0 saturated carbocycles. The fourth-order valence-electron chi connectivity index (χ4n) is 3.30. The number of amides is 1. The van der Waals surface area contributed by atoms with Crippen molar-refractivity contribution < 1.29 is 24.2 Å². The summed E-state index contributed by atoms with van der Waals surface area (Å²) < 4.78 is 10.2. The van der Waals surface area contributed by atoms with Crippen molar-refractivity contribution >= 4 is 17.4 Å². The van der Waals surface area contributed by atoms with E-state index in [1.54, 1.807) is 31.4 Å². The second kappa shape index (κ2) is 8.27. The number of carbonyl (C=O) groups is 2. The molecular weight excluding hydrogens is 358 g/mol. The lowest BCUT2D eigenvalue weighted by molar-refractivity contribution is -0.140. The molecule has 1 fully saturated rings.